The van der Waals surface area contributed by atoms with Gasteiger partial charge in [0.2, 0.25) is 0 Å². The minimum absolute atomic E-state index is 0.295. The van der Waals surface area contributed by atoms with Crippen LogP contribution in [0.4, 0.5) is 0 Å². The lowest BCUT2D eigenvalue weighted by Gasteiger charge is -2.26. The van der Waals surface area contributed by atoms with Gasteiger partial charge in [-0.25, -0.2) is 0 Å². The number of aliphatic hydroxyl groups excluding tert-OH is 5. The number of nitrogens with one attached hydrogen (secondary N) is 1. The maximum atomic E-state index is 11.8. The summed E-state index contributed by atoms with van der Waals surface area (Å²) in [6, 6.07) is 9.12. The lowest BCUT2D eigenvalue weighted by atomic mass is 10.0. The van der Waals surface area contributed by atoms with Crippen LogP contribution in [0.25, 0.3) is 0 Å². The summed E-state index contributed by atoms with van der Waals surface area (Å²) >= 11 is 0. The van der Waals surface area contributed by atoms with E-state index in [-0.39, 0.29) is 6.04 Å². The average molecular weight is 313 g/mol. The van der Waals surface area contributed by atoms with E-state index in [4.69, 9.17) is 5.11 Å². The van der Waals surface area contributed by atoms with E-state index >= 15 is 0 Å². The Kier molecular flexibility index (Phi) is 7.43. The molecule has 1 amide bonds. The highest BCUT2D eigenvalue weighted by atomic mass is 16.4. The molecule has 0 aliphatic heterocycles. The predicted octanol–water partition coefficient (Wildman–Crippen LogP) is -1.83. The summed E-state index contributed by atoms with van der Waals surface area (Å²) in [7, 11) is 0. The van der Waals surface area contributed by atoms with Crippen molar-refractivity contribution in [2.75, 3.05) is 6.61 Å². The molecule has 0 fully saturated rings. The van der Waals surface area contributed by atoms with Crippen molar-refractivity contribution in [3.05, 3.63) is 35.9 Å². The first-order valence-corrected chi connectivity index (χ1v) is 7.04. The van der Waals surface area contributed by atoms with E-state index in [9.17, 15) is 25.2 Å². The van der Waals surface area contributed by atoms with Crippen LogP contribution in [0, 0.1) is 0 Å². The van der Waals surface area contributed by atoms with E-state index < -0.39 is 36.9 Å². The third kappa shape index (κ3) is 5.36. The zero-order chi connectivity index (χ0) is 16.7. The van der Waals surface area contributed by atoms with E-state index in [1.54, 1.807) is 6.92 Å². The molecular weight excluding hydrogens is 290 g/mol. The third-order valence-electron chi connectivity index (χ3n) is 3.30. The Morgan fingerprint density at radius 3 is 2.23 bits per heavy atom. The normalized spacial score (nSPS) is 18.1. The number of rotatable bonds is 8. The van der Waals surface area contributed by atoms with Gasteiger partial charge in [-0.15, -0.1) is 0 Å². The van der Waals surface area contributed by atoms with Gasteiger partial charge in [0.25, 0.3) is 5.91 Å². The molecule has 1 aromatic carbocycles. The summed E-state index contributed by atoms with van der Waals surface area (Å²) in [6.07, 6.45) is -6.73. The number of carbonyl (C=O) groups excluding carboxylic acids is 1. The molecule has 0 unspecified atom stereocenters. The van der Waals surface area contributed by atoms with Crippen molar-refractivity contribution in [2.24, 2.45) is 0 Å². The second kappa shape index (κ2) is 8.82. The smallest absolute Gasteiger partial charge is 0.251 e. The monoisotopic (exact) mass is 313 g/mol. The molecule has 0 radical (unpaired) electrons. The molecular formula is C15H23NO6. The van der Waals surface area contributed by atoms with Crippen LogP contribution in [0.3, 0.4) is 0 Å². The summed E-state index contributed by atoms with van der Waals surface area (Å²) in [4.78, 5) is 11.8. The summed E-state index contributed by atoms with van der Waals surface area (Å²) in [6.45, 7) is 0.944. The average Bonchev–Trinajstić information content (AvgIpc) is 2.52. The number of hydrogen-bond acceptors (Lipinski definition) is 6. The summed E-state index contributed by atoms with van der Waals surface area (Å²) < 4.78 is 0. The quantitative estimate of drug-likeness (QED) is 0.335. The van der Waals surface area contributed by atoms with Crippen molar-refractivity contribution in [1.29, 1.82) is 0 Å². The molecule has 0 heterocycles. The van der Waals surface area contributed by atoms with E-state index in [1.165, 1.54) is 0 Å². The number of amides is 1. The van der Waals surface area contributed by atoms with Crippen molar-refractivity contribution in [3.8, 4) is 0 Å². The first kappa shape index (κ1) is 18.5. The third-order valence-corrected chi connectivity index (χ3v) is 3.30. The minimum Gasteiger partial charge on any atom is -0.394 e. The van der Waals surface area contributed by atoms with Crippen molar-refractivity contribution in [3.63, 3.8) is 0 Å². The van der Waals surface area contributed by atoms with Gasteiger partial charge in [-0.1, -0.05) is 30.3 Å². The van der Waals surface area contributed by atoms with Crippen molar-refractivity contribution < 1.29 is 30.3 Å². The number of aliphatic hydroxyl groups is 5. The first-order chi connectivity index (χ1) is 10.4. The summed E-state index contributed by atoms with van der Waals surface area (Å²) in [5.74, 6) is -0.861. The predicted molar refractivity (Wildman–Crippen MR) is 78.9 cm³/mol. The van der Waals surface area contributed by atoms with Gasteiger partial charge in [-0.2, -0.15) is 0 Å². The molecule has 0 aliphatic rings. The fourth-order valence-corrected chi connectivity index (χ4v) is 2.02. The Bertz CT molecular complexity index is 455. The summed E-state index contributed by atoms with van der Waals surface area (Å²) in [5.41, 5.74) is 1.00. The van der Waals surface area contributed by atoms with Crippen LogP contribution >= 0.6 is 0 Å². The Hall–Kier alpha value is -1.51. The highest BCUT2D eigenvalue weighted by Crippen LogP contribution is 2.07. The number of carbonyl (C=O) groups is 1. The fourth-order valence-electron chi connectivity index (χ4n) is 2.02. The Labute approximate surface area is 128 Å². The molecule has 1 aromatic rings. The lowest BCUT2D eigenvalue weighted by molar-refractivity contribution is -0.149. The SMILES string of the molecule is C[C@H](Cc1ccccc1)NC(=O)[C@H](O)[C@H](O)[C@H](O)[C@H](O)CO. The van der Waals surface area contributed by atoms with Gasteiger partial charge in [0.1, 0.15) is 18.3 Å². The number of benzene rings is 1. The molecule has 0 aromatic heterocycles. The molecule has 5 atom stereocenters. The molecule has 7 heteroatoms. The molecule has 124 valence electrons. The molecule has 7 nitrogen and oxygen atoms in total. The minimum atomic E-state index is -1.91. The van der Waals surface area contributed by atoms with Gasteiger partial charge >= 0.3 is 0 Å². The van der Waals surface area contributed by atoms with E-state index in [0.717, 1.165) is 5.56 Å². The van der Waals surface area contributed by atoms with Gasteiger partial charge in [0, 0.05) is 6.04 Å². The lowest BCUT2D eigenvalue weighted by Crippen LogP contribution is -2.53. The molecule has 0 saturated carbocycles. The zero-order valence-corrected chi connectivity index (χ0v) is 12.3. The highest BCUT2D eigenvalue weighted by molar-refractivity contribution is 5.81. The van der Waals surface area contributed by atoms with Crippen LogP contribution in [-0.4, -0.2) is 68.5 Å². The van der Waals surface area contributed by atoms with Gasteiger partial charge in [0.05, 0.1) is 6.61 Å². The van der Waals surface area contributed by atoms with E-state index in [0.29, 0.717) is 6.42 Å². The maximum absolute atomic E-state index is 11.8. The molecule has 22 heavy (non-hydrogen) atoms. The second-order valence-corrected chi connectivity index (χ2v) is 5.28. The number of hydrogen-bond donors (Lipinski definition) is 6. The standard InChI is InChI=1S/C15H23NO6/c1-9(7-10-5-3-2-4-6-10)16-15(22)14(21)13(20)12(19)11(18)8-17/h2-6,9,11-14,17-21H,7-8H2,1H3,(H,16,22)/t9-,11-,12-,13-,14-/m1/s1. The molecule has 0 saturated heterocycles. The molecule has 6 N–H and O–H groups in total. The van der Waals surface area contributed by atoms with Crippen LogP contribution in [0.1, 0.15) is 12.5 Å². The van der Waals surface area contributed by atoms with Crippen LogP contribution in [-0.2, 0) is 11.2 Å². The molecule has 0 bridgehead atoms. The van der Waals surface area contributed by atoms with Crippen LogP contribution in [0.5, 0.6) is 0 Å². The topological polar surface area (TPSA) is 130 Å². The van der Waals surface area contributed by atoms with Gasteiger partial charge < -0.3 is 30.8 Å². The van der Waals surface area contributed by atoms with E-state index in [1.807, 2.05) is 30.3 Å². The van der Waals surface area contributed by atoms with Crippen LogP contribution in [0.15, 0.2) is 30.3 Å². The second-order valence-electron chi connectivity index (χ2n) is 5.28. The Morgan fingerprint density at radius 2 is 1.68 bits per heavy atom. The molecule has 0 aliphatic carbocycles. The van der Waals surface area contributed by atoms with Crippen LogP contribution in [0.2, 0.25) is 0 Å². The Morgan fingerprint density at radius 1 is 1.09 bits per heavy atom. The first-order valence-electron chi connectivity index (χ1n) is 7.04. The van der Waals surface area contributed by atoms with E-state index in [2.05, 4.69) is 5.32 Å². The van der Waals surface area contributed by atoms with Crippen molar-refractivity contribution >= 4 is 5.91 Å². The fraction of sp³-hybridized carbons (Fsp3) is 0.533. The largest absolute Gasteiger partial charge is 0.394 e. The summed E-state index contributed by atoms with van der Waals surface area (Å²) in [5, 5.41) is 49.2. The van der Waals surface area contributed by atoms with Crippen LogP contribution < -0.4 is 5.32 Å². The van der Waals surface area contributed by atoms with Crippen molar-refractivity contribution in [2.45, 2.75) is 43.8 Å². The molecule has 1 rings (SSSR count). The van der Waals surface area contributed by atoms with Gasteiger partial charge in [0.15, 0.2) is 6.10 Å². The highest BCUT2D eigenvalue weighted by Gasteiger charge is 2.34. The maximum Gasteiger partial charge on any atom is 0.251 e. The zero-order valence-electron chi connectivity index (χ0n) is 12.3. The van der Waals surface area contributed by atoms with Gasteiger partial charge in [-0.3, -0.25) is 4.79 Å². The van der Waals surface area contributed by atoms with Gasteiger partial charge in [-0.05, 0) is 18.9 Å². The Balaban J connectivity index is 2.52. The molecule has 0 spiro atoms. The van der Waals surface area contributed by atoms with Crippen molar-refractivity contribution in [1.82, 2.24) is 5.32 Å².